The molecular formula is C23H16FN3O. The number of nitrogens with zero attached hydrogens (tertiary/aromatic N) is 3. The van der Waals surface area contributed by atoms with Gasteiger partial charge in [0.15, 0.2) is 0 Å². The monoisotopic (exact) mass is 369 g/mol. The summed E-state index contributed by atoms with van der Waals surface area (Å²) in [6.45, 7) is 0. The van der Waals surface area contributed by atoms with Crippen LogP contribution in [0.1, 0.15) is 0 Å². The second kappa shape index (κ2) is 6.46. The molecule has 0 radical (unpaired) electrons. The normalized spacial score (nSPS) is 11.2. The molecular weight excluding hydrogens is 353 g/mol. The van der Waals surface area contributed by atoms with Crippen LogP contribution in [-0.2, 0) is 0 Å². The summed E-state index contributed by atoms with van der Waals surface area (Å²) in [7, 11) is 1.63. The molecule has 0 bridgehead atoms. The summed E-state index contributed by atoms with van der Waals surface area (Å²) in [6.07, 6.45) is 1.70. The zero-order chi connectivity index (χ0) is 19.1. The van der Waals surface area contributed by atoms with Crippen LogP contribution in [0.15, 0.2) is 79.0 Å². The van der Waals surface area contributed by atoms with Gasteiger partial charge in [0, 0.05) is 22.5 Å². The third-order valence-corrected chi connectivity index (χ3v) is 4.85. The number of benzene rings is 3. The molecule has 5 rings (SSSR count). The number of methoxy groups -OCH3 is 1. The molecule has 3 aromatic carbocycles. The SMILES string of the molecule is COc1ccc(-n2nc(-c3ccccc3)c3cnc4c(F)cccc4c32)cc1. The maximum atomic E-state index is 14.4. The Balaban J connectivity index is 1.88. The van der Waals surface area contributed by atoms with E-state index in [2.05, 4.69) is 4.98 Å². The number of hydrogen-bond donors (Lipinski definition) is 0. The number of fused-ring (bicyclic) bond motifs is 3. The maximum absolute atomic E-state index is 14.4. The topological polar surface area (TPSA) is 39.9 Å². The molecule has 0 spiro atoms. The minimum atomic E-state index is -0.344. The number of halogens is 1. The smallest absolute Gasteiger partial charge is 0.149 e. The lowest BCUT2D eigenvalue weighted by atomic mass is 10.1. The van der Waals surface area contributed by atoms with E-state index in [-0.39, 0.29) is 5.82 Å². The van der Waals surface area contributed by atoms with Crippen molar-refractivity contribution in [3.05, 3.63) is 84.8 Å². The predicted molar refractivity (Wildman–Crippen MR) is 108 cm³/mol. The van der Waals surface area contributed by atoms with Gasteiger partial charge in [-0.05, 0) is 30.3 Å². The van der Waals surface area contributed by atoms with Crippen molar-refractivity contribution in [2.45, 2.75) is 0 Å². The third kappa shape index (κ3) is 2.52. The van der Waals surface area contributed by atoms with Crippen LogP contribution >= 0.6 is 0 Å². The molecule has 0 aliphatic heterocycles. The Morgan fingerprint density at radius 3 is 2.39 bits per heavy atom. The lowest BCUT2D eigenvalue weighted by Crippen LogP contribution is -1.98. The fourth-order valence-corrected chi connectivity index (χ4v) is 3.50. The van der Waals surface area contributed by atoms with E-state index in [1.807, 2.05) is 65.3 Å². The highest BCUT2D eigenvalue weighted by Crippen LogP contribution is 2.34. The van der Waals surface area contributed by atoms with E-state index in [0.717, 1.165) is 39.0 Å². The maximum Gasteiger partial charge on any atom is 0.149 e. The number of hydrogen-bond acceptors (Lipinski definition) is 3. The van der Waals surface area contributed by atoms with Crippen LogP contribution in [0.3, 0.4) is 0 Å². The summed E-state index contributed by atoms with van der Waals surface area (Å²) in [5.74, 6) is 0.421. The van der Waals surface area contributed by atoms with Crippen molar-refractivity contribution in [1.29, 1.82) is 0 Å². The lowest BCUT2D eigenvalue weighted by molar-refractivity contribution is 0.414. The Kier molecular flexibility index (Phi) is 3.79. The summed E-state index contributed by atoms with van der Waals surface area (Å²) in [5, 5.41) is 6.48. The lowest BCUT2D eigenvalue weighted by Gasteiger charge is -2.07. The molecule has 4 nitrogen and oxygen atoms in total. The Bertz CT molecular complexity index is 1290. The highest BCUT2D eigenvalue weighted by atomic mass is 19.1. The van der Waals surface area contributed by atoms with Crippen molar-refractivity contribution in [2.24, 2.45) is 0 Å². The third-order valence-electron chi connectivity index (χ3n) is 4.85. The van der Waals surface area contributed by atoms with Gasteiger partial charge in [-0.1, -0.05) is 42.5 Å². The molecule has 2 heterocycles. The molecule has 2 aromatic heterocycles. The first-order valence-corrected chi connectivity index (χ1v) is 8.92. The number of pyridine rings is 1. The van der Waals surface area contributed by atoms with E-state index in [4.69, 9.17) is 9.84 Å². The van der Waals surface area contributed by atoms with Crippen LogP contribution in [0.5, 0.6) is 5.75 Å². The van der Waals surface area contributed by atoms with Crippen LogP contribution in [0.25, 0.3) is 38.8 Å². The molecule has 0 saturated carbocycles. The van der Waals surface area contributed by atoms with Crippen molar-refractivity contribution < 1.29 is 9.13 Å². The first-order valence-electron chi connectivity index (χ1n) is 8.92. The number of aromatic nitrogens is 3. The van der Waals surface area contributed by atoms with Crippen LogP contribution in [0, 0.1) is 5.82 Å². The average Bonchev–Trinajstić information content (AvgIpc) is 3.15. The summed E-state index contributed by atoms with van der Waals surface area (Å²) in [4.78, 5) is 4.38. The quantitative estimate of drug-likeness (QED) is 0.428. The molecule has 0 fully saturated rings. The van der Waals surface area contributed by atoms with Gasteiger partial charge in [-0.15, -0.1) is 0 Å². The molecule has 0 aliphatic rings. The standard InChI is InChI=1S/C23H16FN3O/c1-28-17-12-10-16(11-13-17)27-23-18-8-5-9-20(24)22(18)25-14-19(23)21(26-27)15-6-3-2-4-7-15/h2-14H,1H3. The van der Waals surface area contributed by atoms with Gasteiger partial charge in [0.25, 0.3) is 0 Å². The molecule has 0 atom stereocenters. The summed E-state index contributed by atoms with van der Waals surface area (Å²) in [6, 6.07) is 22.6. The molecule has 28 heavy (non-hydrogen) atoms. The zero-order valence-corrected chi connectivity index (χ0v) is 15.1. The first kappa shape index (κ1) is 16.4. The van der Waals surface area contributed by atoms with Crippen LogP contribution < -0.4 is 4.74 Å². The number of rotatable bonds is 3. The number of para-hydroxylation sites is 1. The largest absolute Gasteiger partial charge is 0.497 e. The van der Waals surface area contributed by atoms with Gasteiger partial charge >= 0.3 is 0 Å². The second-order valence-electron chi connectivity index (χ2n) is 6.48. The predicted octanol–water partition coefficient (Wildman–Crippen LogP) is 5.39. The van der Waals surface area contributed by atoms with Gasteiger partial charge in [-0.2, -0.15) is 5.10 Å². The fourth-order valence-electron chi connectivity index (χ4n) is 3.50. The van der Waals surface area contributed by atoms with Gasteiger partial charge in [-0.3, -0.25) is 4.98 Å². The van der Waals surface area contributed by atoms with Gasteiger partial charge in [-0.25, -0.2) is 9.07 Å². The molecule has 0 aliphatic carbocycles. The highest BCUT2D eigenvalue weighted by molar-refractivity contribution is 6.08. The fraction of sp³-hybridized carbons (Fsp3) is 0.0435. The molecule has 0 N–H and O–H groups in total. The van der Waals surface area contributed by atoms with Crippen molar-refractivity contribution in [3.63, 3.8) is 0 Å². The van der Waals surface area contributed by atoms with E-state index >= 15 is 0 Å². The molecule has 136 valence electrons. The van der Waals surface area contributed by atoms with Gasteiger partial charge in [0.2, 0.25) is 0 Å². The average molecular weight is 369 g/mol. The molecule has 0 unspecified atom stereocenters. The Morgan fingerprint density at radius 1 is 0.857 bits per heavy atom. The first-order chi connectivity index (χ1) is 13.8. The van der Waals surface area contributed by atoms with Crippen molar-refractivity contribution in [3.8, 4) is 22.7 Å². The van der Waals surface area contributed by atoms with Crippen molar-refractivity contribution in [2.75, 3.05) is 7.11 Å². The van der Waals surface area contributed by atoms with Crippen LogP contribution in [-0.4, -0.2) is 21.9 Å². The highest BCUT2D eigenvalue weighted by Gasteiger charge is 2.18. The van der Waals surface area contributed by atoms with Gasteiger partial charge < -0.3 is 4.74 Å². The molecule has 5 heteroatoms. The minimum Gasteiger partial charge on any atom is -0.497 e. The number of ether oxygens (including phenoxy) is 1. The van der Waals surface area contributed by atoms with E-state index in [1.165, 1.54) is 6.07 Å². The van der Waals surface area contributed by atoms with E-state index in [9.17, 15) is 4.39 Å². The Labute approximate surface area is 160 Å². The van der Waals surface area contributed by atoms with E-state index in [1.54, 1.807) is 19.4 Å². The Morgan fingerprint density at radius 2 is 1.64 bits per heavy atom. The molecule has 5 aromatic rings. The summed E-state index contributed by atoms with van der Waals surface area (Å²) < 4.78 is 21.5. The van der Waals surface area contributed by atoms with Crippen molar-refractivity contribution in [1.82, 2.24) is 14.8 Å². The molecule has 0 saturated heterocycles. The van der Waals surface area contributed by atoms with Gasteiger partial charge in [0.1, 0.15) is 22.8 Å². The van der Waals surface area contributed by atoms with Crippen LogP contribution in [0.2, 0.25) is 0 Å². The Hall–Kier alpha value is -3.73. The van der Waals surface area contributed by atoms with E-state index < -0.39 is 0 Å². The van der Waals surface area contributed by atoms with E-state index in [0.29, 0.717) is 5.52 Å². The van der Waals surface area contributed by atoms with Crippen molar-refractivity contribution >= 4 is 21.8 Å². The second-order valence-corrected chi connectivity index (χ2v) is 6.48. The molecule has 0 amide bonds. The minimum absolute atomic E-state index is 0.337. The zero-order valence-electron chi connectivity index (χ0n) is 15.1. The van der Waals surface area contributed by atoms with Crippen LogP contribution in [0.4, 0.5) is 4.39 Å². The summed E-state index contributed by atoms with van der Waals surface area (Å²) in [5.41, 5.74) is 3.82. The van der Waals surface area contributed by atoms with Gasteiger partial charge in [0.05, 0.1) is 18.3 Å². The summed E-state index contributed by atoms with van der Waals surface area (Å²) >= 11 is 0.